The molecule has 1 aromatic heterocycles. The summed E-state index contributed by atoms with van der Waals surface area (Å²) < 4.78 is 37.6. The van der Waals surface area contributed by atoms with Crippen molar-refractivity contribution in [3.8, 4) is 5.75 Å². The van der Waals surface area contributed by atoms with Crippen LogP contribution in [-0.4, -0.2) is 29.5 Å². The summed E-state index contributed by atoms with van der Waals surface area (Å²) in [4.78, 5) is 23.7. The van der Waals surface area contributed by atoms with Gasteiger partial charge in [0.15, 0.2) is 6.61 Å². The smallest absolute Gasteiger partial charge is 0.387 e. The molecule has 0 radical (unpaired) electrons. The molecule has 10 heteroatoms. The van der Waals surface area contributed by atoms with Crippen molar-refractivity contribution in [2.45, 2.75) is 13.5 Å². The first-order valence-electron chi connectivity index (χ1n) is 6.61. The summed E-state index contributed by atoms with van der Waals surface area (Å²) >= 11 is 0.943. The minimum absolute atomic E-state index is 0.0340. The summed E-state index contributed by atoms with van der Waals surface area (Å²) in [5.74, 6) is -1.70. The van der Waals surface area contributed by atoms with Gasteiger partial charge in [-0.1, -0.05) is 12.1 Å². The number of esters is 1. The van der Waals surface area contributed by atoms with Crippen LogP contribution in [0.2, 0.25) is 0 Å². The Balaban J connectivity index is 1.96. The molecule has 0 aliphatic heterocycles. The number of nitrogens with one attached hydrogen (secondary N) is 1. The maximum absolute atomic E-state index is 12.3. The Labute approximate surface area is 139 Å². The zero-order valence-electron chi connectivity index (χ0n) is 12.4. The van der Waals surface area contributed by atoms with Gasteiger partial charge in [0.05, 0.1) is 11.4 Å². The summed E-state index contributed by atoms with van der Waals surface area (Å²) in [6.45, 7) is -2.06. The molecule has 7 nitrogen and oxygen atoms in total. The van der Waals surface area contributed by atoms with Crippen LogP contribution >= 0.6 is 11.5 Å². The van der Waals surface area contributed by atoms with Gasteiger partial charge >= 0.3 is 12.6 Å². The molecule has 0 aliphatic carbocycles. The summed E-state index contributed by atoms with van der Waals surface area (Å²) in [6, 6.07) is 5.65. The molecule has 0 saturated heterocycles. The van der Waals surface area contributed by atoms with Gasteiger partial charge in [-0.2, -0.15) is 13.2 Å². The molecule has 2 rings (SSSR count). The lowest BCUT2D eigenvalue weighted by atomic mass is 10.2. The van der Waals surface area contributed by atoms with Crippen molar-refractivity contribution >= 4 is 34.1 Å². The lowest BCUT2D eigenvalue weighted by molar-refractivity contribution is -0.119. The van der Waals surface area contributed by atoms with E-state index < -0.39 is 25.1 Å². The third kappa shape index (κ3) is 4.38. The number of halogens is 2. The van der Waals surface area contributed by atoms with Crippen molar-refractivity contribution in [2.75, 3.05) is 17.7 Å². The second kappa shape index (κ2) is 7.68. The first-order chi connectivity index (χ1) is 11.4. The monoisotopic (exact) mass is 357 g/mol. The Morgan fingerprint density at radius 3 is 2.71 bits per heavy atom. The molecular weight excluding hydrogens is 344 g/mol. The van der Waals surface area contributed by atoms with E-state index in [1.807, 2.05) is 0 Å². The number of nitrogen functional groups attached to an aromatic ring is 1. The Morgan fingerprint density at radius 1 is 1.38 bits per heavy atom. The minimum atomic E-state index is -3.03. The number of hydrogen-bond donors (Lipinski definition) is 2. The van der Waals surface area contributed by atoms with Gasteiger partial charge in [-0.3, -0.25) is 4.79 Å². The van der Waals surface area contributed by atoms with Crippen LogP contribution in [0.4, 0.5) is 19.5 Å². The summed E-state index contributed by atoms with van der Waals surface area (Å²) in [6.07, 6.45) is 0. The fourth-order valence-corrected chi connectivity index (χ4v) is 2.44. The van der Waals surface area contributed by atoms with Gasteiger partial charge in [0.2, 0.25) is 0 Å². The number of benzene rings is 1. The zero-order valence-corrected chi connectivity index (χ0v) is 13.2. The Bertz CT molecular complexity index is 732. The number of alkyl halides is 2. The molecule has 3 N–H and O–H groups in total. The van der Waals surface area contributed by atoms with Crippen LogP contribution < -0.4 is 15.8 Å². The molecular formula is C14H13F2N3O4S. The van der Waals surface area contributed by atoms with E-state index in [4.69, 9.17) is 10.5 Å². The number of nitrogens with two attached hydrogens (primary N) is 1. The van der Waals surface area contributed by atoms with Crippen LogP contribution in [0, 0.1) is 6.92 Å². The molecule has 24 heavy (non-hydrogen) atoms. The molecule has 128 valence electrons. The number of para-hydroxylation sites is 2. The lowest BCUT2D eigenvalue weighted by Gasteiger charge is -2.11. The van der Waals surface area contributed by atoms with Crippen molar-refractivity contribution in [3.05, 3.63) is 35.5 Å². The SMILES string of the molecule is Cc1nsc(N)c1C(=O)OCC(=O)Nc1ccccc1OC(F)F. The number of aromatic nitrogens is 1. The number of carbonyl (C=O) groups is 2. The van der Waals surface area contributed by atoms with Gasteiger partial charge in [0.1, 0.15) is 16.3 Å². The van der Waals surface area contributed by atoms with Crippen LogP contribution in [0.3, 0.4) is 0 Å². The molecule has 0 saturated carbocycles. The van der Waals surface area contributed by atoms with Crippen LogP contribution in [0.1, 0.15) is 16.1 Å². The number of anilines is 2. The van der Waals surface area contributed by atoms with Crippen molar-refractivity contribution in [1.82, 2.24) is 4.37 Å². The molecule has 0 fully saturated rings. The molecule has 0 unspecified atom stereocenters. The average molecular weight is 357 g/mol. The summed E-state index contributed by atoms with van der Waals surface area (Å²) in [5, 5.41) is 2.52. The van der Waals surface area contributed by atoms with Gasteiger partial charge in [-0.25, -0.2) is 4.79 Å². The quantitative estimate of drug-likeness (QED) is 0.770. The maximum atomic E-state index is 12.3. The van der Waals surface area contributed by atoms with Crippen molar-refractivity contribution in [2.24, 2.45) is 0 Å². The number of hydrogen-bond acceptors (Lipinski definition) is 7. The predicted octanol–water partition coefficient (Wildman–Crippen LogP) is 2.43. The number of nitrogens with zero attached hydrogens (tertiary/aromatic N) is 1. The van der Waals surface area contributed by atoms with E-state index in [0.717, 1.165) is 11.5 Å². The topological polar surface area (TPSA) is 104 Å². The Morgan fingerprint density at radius 2 is 2.08 bits per heavy atom. The number of carbonyl (C=O) groups excluding carboxylic acids is 2. The highest BCUT2D eigenvalue weighted by Gasteiger charge is 2.19. The van der Waals surface area contributed by atoms with Crippen LogP contribution in [-0.2, 0) is 9.53 Å². The van der Waals surface area contributed by atoms with Crippen LogP contribution in [0.5, 0.6) is 5.75 Å². The summed E-state index contributed by atoms with van der Waals surface area (Å²) in [5.41, 5.74) is 6.15. The van der Waals surface area contributed by atoms with E-state index in [-0.39, 0.29) is 22.0 Å². The van der Waals surface area contributed by atoms with Crippen LogP contribution in [0.25, 0.3) is 0 Å². The van der Waals surface area contributed by atoms with Crippen molar-refractivity contribution in [1.29, 1.82) is 0 Å². The molecule has 0 atom stereocenters. The third-order valence-electron chi connectivity index (χ3n) is 2.80. The van der Waals surface area contributed by atoms with E-state index in [2.05, 4.69) is 14.4 Å². The highest BCUT2D eigenvalue weighted by molar-refractivity contribution is 7.10. The van der Waals surface area contributed by atoms with Gasteiger partial charge in [-0.05, 0) is 30.6 Å². The molecule has 2 aromatic rings. The van der Waals surface area contributed by atoms with Crippen LogP contribution in [0.15, 0.2) is 24.3 Å². The molecule has 0 aliphatic rings. The van der Waals surface area contributed by atoms with Gasteiger partial charge < -0.3 is 20.5 Å². The second-order valence-electron chi connectivity index (χ2n) is 4.51. The van der Waals surface area contributed by atoms with E-state index in [1.165, 1.54) is 24.3 Å². The molecule has 1 heterocycles. The molecule has 0 spiro atoms. The number of aryl methyl sites for hydroxylation is 1. The zero-order chi connectivity index (χ0) is 17.7. The fourth-order valence-electron chi connectivity index (χ4n) is 1.79. The van der Waals surface area contributed by atoms with E-state index >= 15 is 0 Å². The highest BCUT2D eigenvalue weighted by Crippen LogP contribution is 2.25. The summed E-state index contributed by atoms with van der Waals surface area (Å²) in [7, 11) is 0. The Hall–Kier alpha value is -2.75. The Kier molecular flexibility index (Phi) is 5.64. The van der Waals surface area contributed by atoms with Gasteiger partial charge in [0.25, 0.3) is 5.91 Å². The lowest BCUT2D eigenvalue weighted by Crippen LogP contribution is -2.22. The normalized spacial score (nSPS) is 10.5. The van der Waals surface area contributed by atoms with Gasteiger partial charge in [0, 0.05) is 0 Å². The van der Waals surface area contributed by atoms with Crippen molar-refractivity contribution < 1.29 is 27.8 Å². The molecule has 1 amide bonds. The first kappa shape index (κ1) is 17.6. The van der Waals surface area contributed by atoms with E-state index in [9.17, 15) is 18.4 Å². The standard InChI is InChI=1S/C14H13F2N3O4S/c1-7-11(12(17)24-19-7)13(21)22-6-10(20)18-8-4-2-3-5-9(8)23-14(15)16/h2-5,14H,6,17H2,1H3,(H,18,20). The fraction of sp³-hybridized carbons (Fsp3) is 0.214. The highest BCUT2D eigenvalue weighted by atomic mass is 32.1. The number of rotatable bonds is 6. The maximum Gasteiger partial charge on any atom is 0.387 e. The van der Waals surface area contributed by atoms with Gasteiger partial charge in [-0.15, -0.1) is 0 Å². The number of ether oxygens (including phenoxy) is 2. The predicted molar refractivity (Wildman–Crippen MR) is 83.2 cm³/mol. The number of amides is 1. The van der Waals surface area contributed by atoms with E-state index in [1.54, 1.807) is 6.92 Å². The molecule has 0 bridgehead atoms. The first-order valence-corrected chi connectivity index (χ1v) is 7.38. The third-order valence-corrected chi connectivity index (χ3v) is 3.57. The van der Waals surface area contributed by atoms with E-state index in [0.29, 0.717) is 5.69 Å². The average Bonchev–Trinajstić information content (AvgIpc) is 2.85. The van der Waals surface area contributed by atoms with Crippen molar-refractivity contribution in [3.63, 3.8) is 0 Å². The molecule has 1 aromatic carbocycles. The largest absolute Gasteiger partial charge is 0.452 e. The second-order valence-corrected chi connectivity index (χ2v) is 5.31. The minimum Gasteiger partial charge on any atom is -0.452 e.